The Bertz CT molecular complexity index is 1220. The van der Waals surface area contributed by atoms with E-state index in [0.717, 1.165) is 5.56 Å². The number of carbonyl (C=O) groups is 2. The number of allylic oxidation sites excluding steroid dienone is 2. The topological polar surface area (TPSA) is 87.3 Å². The molecular formula is C24H23ClF2N4O3. The van der Waals surface area contributed by atoms with E-state index >= 15 is 4.39 Å². The van der Waals surface area contributed by atoms with E-state index in [1.165, 1.54) is 23.2 Å². The number of hydrogen-bond donors (Lipinski definition) is 2. The quantitative estimate of drug-likeness (QED) is 0.628. The summed E-state index contributed by atoms with van der Waals surface area (Å²) in [7, 11) is 0. The van der Waals surface area contributed by atoms with E-state index in [9.17, 15) is 14.0 Å². The van der Waals surface area contributed by atoms with E-state index in [0.29, 0.717) is 37.3 Å². The molecule has 3 heterocycles. The highest BCUT2D eigenvalue weighted by Gasteiger charge is 2.53. The Kier molecular flexibility index (Phi) is 5.47. The number of likely N-dealkylation sites (tertiary alicyclic amines) is 1. The van der Waals surface area contributed by atoms with E-state index < -0.39 is 22.4 Å². The van der Waals surface area contributed by atoms with Crippen LogP contribution in [0.3, 0.4) is 0 Å². The lowest BCUT2D eigenvalue weighted by atomic mass is 9.77. The Hall–Kier alpha value is -3.20. The second kappa shape index (κ2) is 8.23. The summed E-state index contributed by atoms with van der Waals surface area (Å²) in [6, 6.07) is 6.04. The minimum Gasteiger partial charge on any atom is -0.436 e. The van der Waals surface area contributed by atoms with Crippen molar-refractivity contribution in [1.82, 2.24) is 20.2 Å². The van der Waals surface area contributed by atoms with Gasteiger partial charge in [-0.2, -0.15) is 0 Å². The SMILES string of the molecule is CC1(Cl)CC=C2NC(=O)O[C@]3(CCCN(C(=O)c4cnc(Cc5ccc(F)cc5)[nH]4)C3)C2=C1F. The van der Waals surface area contributed by atoms with Gasteiger partial charge in [-0.25, -0.2) is 18.6 Å². The van der Waals surface area contributed by atoms with Crippen LogP contribution < -0.4 is 5.32 Å². The van der Waals surface area contributed by atoms with Gasteiger partial charge in [-0.3, -0.25) is 10.1 Å². The number of halogens is 3. The number of carbonyl (C=O) groups excluding carboxylic acids is 2. The molecule has 34 heavy (non-hydrogen) atoms. The highest BCUT2D eigenvalue weighted by molar-refractivity contribution is 6.25. The number of piperidine rings is 1. The van der Waals surface area contributed by atoms with E-state index in [-0.39, 0.29) is 36.0 Å². The van der Waals surface area contributed by atoms with Crippen LogP contribution in [0.15, 0.2) is 53.6 Å². The largest absolute Gasteiger partial charge is 0.436 e. The summed E-state index contributed by atoms with van der Waals surface area (Å²) < 4.78 is 34.3. The molecule has 5 rings (SSSR count). The Morgan fingerprint density at radius 3 is 2.82 bits per heavy atom. The number of fused-ring (bicyclic) bond motifs is 2. The van der Waals surface area contributed by atoms with Crippen molar-refractivity contribution >= 4 is 23.6 Å². The second-order valence-electron chi connectivity index (χ2n) is 9.09. The maximum absolute atomic E-state index is 15.5. The van der Waals surface area contributed by atoms with Crippen LogP contribution in [0.4, 0.5) is 13.6 Å². The molecule has 2 amide bonds. The van der Waals surface area contributed by atoms with Crippen LogP contribution in [0.1, 0.15) is 48.1 Å². The Morgan fingerprint density at radius 2 is 2.06 bits per heavy atom. The molecule has 1 aromatic heterocycles. The van der Waals surface area contributed by atoms with Gasteiger partial charge >= 0.3 is 6.09 Å². The highest BCUT2D eigenvalue weighted by Crippen LogP contribution is 2.47. The number of aromatic amines is 1. The van der Waals surface area contributed by atoms with Crippen molar-refractivity contribution in [1.29, 1.82) is 0 Å². The molecular weight excluding hydrogens is 466 g/mol. The monoisotopic (exact) mass is 488 g/mol. The van der Waals surface area contributed by atoms with Gasteiger partial charge in [0.2, 0.25) is 0 Å². The molecule has 0 saturated carbocycles. The van der Waals surface area contributed by atoms with Crippen molar-refractivity contribution in [3.63, 3.8) is 0 Å². The lowest BCUT2D eigenvalue weighted by Crippen LogP contribution is -2.59. The Balaban J connectivity index is 1.39. The predicted molar refractivity (Wildman–Crippen MR) is 120 cm³/mol. The number of alkyl carbamates (subject to hydrolysis) is 1. The van der Waals surface area contributed by atoms with Crippen LogP contribution in [0.25, 0.3) is 0 Å². The van der Waals surface area contributed by atoms with Crippen LogP contribution in [-0.4, -0.2) is 50.4 Å². The van der Waals surface area contributed by atoms with Gasteiger partial charge in [-0.1, -0.05) is 18.2 Å². The van der Waals surface area contributed by atoms with Gasteiger partial charge in [0.1, 0.15) is 23.2 Å². The molecule has 1 aromatic carbocycles. The molecule has 2 aliphatic heterocycles. The van der Waals surface area contributed by atoms with Crippen molar-refractivity contribution < 1.29 is 23.1 Å². The molecule has 1 unspecified atom stereocenters. The van der Waals surface area contributed by atoms with Gasteiger partial charge < -0.3 is 14.6 Å². The number of H-pyrrole nitrogens is 1. The zero-order valence-electron chi connectivity index (χ0n) is 18.5. The molecule has 1 aliphatic carbocycles. The fraction of sp³-hybridized carbons (Fsp3) is 0.375. The highest BCUT2D eigenvalue weighted by atomic mass is 35.5. The minimum absolute atomic E-state index is 0.00136. The van der Waals surface area contributed by atoms with Crippen LogP contribution in [0.5, 0.6) is 0 Å². The summed E-state index contributed by atoms with van der Waals surface area (Å²) in [5, 5.41) is 2.56. The van der Waals surface area contributed by atoms with Gasteiger partial charge in [-0.05, 0) is 43.9 Å². The predicted octanol–water partition coefficient (Wildman–Crippen LogP) is 4.36. The maximum Gasteiger partial charge on any atom is 0.412 e. The van der Waals surface area contributed by atoms with E-state index in [1.54, 1.807) is 25.1 Å². The first kappa shape index (κ1) is 22.6. The van der Waals surface area contributed by atoms with Crippen LogP contribution in [-0.2, 0) is 11.2 Å². The number of benzene rings is 1. The van der Waals surface area contributed by atoms with Gasteiger partial charge in [0.15, 0.2) is 5.60 Å². The number of nitrogens with one attached hydrogen (secondary N) is 2. The molecule has 1 spiro atoms. The number of ether oxygens (including phenoxy) is 1. The smallest absolute Gasteiger partial charge is 0.412 e. The first-order chi connectivity index (χ1) is 16.2. The average molecular weight is 489 g/mol. The third-order valence-electron chi connectivity index (χ3n) is 6.50. The molecule has 2 N–H and O–H groups in total. The minimum atomic E-state index is -1.32. The number of nitrogens with zero attached hydrogens (tertiary/aromatic N) is 2. The maximum atomic E-state index is 15.5. The zero-order valence-corrected chi connectivity index (χ0v) is 19.2. The molecule has 2 fully saturated rings. The molecule has 10 heteroatoms. The Morgan fingerprint density at radius 1 is 1.29 bits per heavy atom. The van der Waals surface area contributed by atoms with E-state index in [4.69, 9.17) is 16.3 Å². The Labute approximate surface area is 199 Å². The summed E-state index contributed by atoms with van der Waals surface area (Å²) in [4.78, 5) is 33.2. The number of aromatic nitrogens is 2. The molecule has 2 atom stereocenters. The van der Waals surface area contributed by atoms with Crippen LogP contribution >= 0.6 is 11.6 Å². The average Bonchev–Trinajstić information content (AvgIpc) is 3.26. The third kappa shape index (κ3) is 3.98. The summed E-state index contributed by atoms with van der Waals surface area (Å²) in [5.74, 6) is -0.653. The van der Waals surface area contributed by atoms with Gasteiger partial charge in [-0.15, -0.1) is 11.6 Å². The van der Waals surface area contributed by atoms with Crippen LogP contribution in [0, 0.1) is 5.82 Å². The van der Waals surface area contributed by atoms with E-state index in [1.807, 2.05) is 0 Å². The van der Waals surface area contributed by atoms with Gasteiger partial charge in [0.05, 0.1) is 28.9 Å². The molecule has 2 aromatic rings. The number of imidazole rings is 1. The summed E-state index contributed by atoms with van der Waals surface area (Å²) in [6.45, 7) is 2.00. The van der Waals surface area contributed by atoms with Gasteiger partial charge in [0.25, 0.3) is 5.91 Å². The zero-order chi connectivity index (χ0) is 24.1. The van der Waals surface area contributed by atoms with E-state index in [2.05, 4.69) is 15.3 Å². The van der Waals surface area contributed by atoms with Crippen molar-refractivity contribution in [2.45, 2.75) is 43.1 Å². The fourth-order valence-electron chi connectivity index (χ4n) is 4.80. The lowest BCUT2D eigenvalue weighted by Gasteiger charge is -2.48. The normalized spacial score (nSPS) is 26.6. The van der Waals surface area contributed by atoms with Crippen molar-refractivity contribution in [3.8, 4) is 0 Å². The van der Waals surface area contributed by atoms with Crippen molar-refractivity contribution in [2.24, 2.45) is 0 Å². The number of rotatable bonds is 3. The first-order valence-electron chi connectivity index (χ1n) is 11.0. The molecule has 3 aliphatic rings. The standard InChI is InChI=1S/C24H23ClF2N4O3/c1-23(25)9-7-16-19(20(23)27)24(34-22(33)30-16)8-2-10-31(13-24)21(32)17-12-28-18(29-17)11-14-3-5-15(26)6-4-14/h3-7,12H,2,8-11,13H2,1H3,(H,28,29)(H,30,33)/t23?,24-/m0/s1. The van der Waals surface area contributed by atoms with Crippen LogP contribution in [0.2, 0.25) is 0 Å². The first-order valence-corrected chi connectivity index (χ1v) is 11.4. The summed E-state index contributed by atoms with van der Waals surface area (Å²) in [5.41, 5.74) is 0.348. The van der Waals surface area contributed by atoms with Crippen molar-refractivity contribution in [2.75, 3.05) is 13.1 Å². The molecule has 0 radical (unpaired) electrons. The summed E-state index contributed by atoms with van der Waals surface area (Å²) in [6.07, 6.45) is 3.97. The summed E-state index contributed by atoms with van der Waals surface area (Å²) >= 11 is 6.39. The third-order valence-corrected chi connectivity index (χ3v) is 6.82. The van der Waals surface area contributed by atoms with Gasteiger partial charge in [0, 0.05) is 13.0 Å². The molecule has 178 valence electrons. The molecule has 0 bridgehead atoms. The number of hydrogen-bond acceptors (Lipinski definition) is 4. The second-order valence-corrected chi connectivity index (χ2v) is 9.93. The molecule has 7 nitrogen and oxygen atoms in total. The molecule has 2 saturated heterocycles. The van der Waals surface area contributed by atoms with Crippen molar-refractivity contribution in [3.05, 3.63) is 76.5 Å². The number of amides is 2. The number of alkyl halides is 1. The lowest BCUT2D eigenvalue weighted by molar-refractivity contribution is -0.0217. The fourth-order valence-corrected chi connectivity index (χ4v) is 4.97.